The number of hydrogen-bond acceptors (Lipinski definition) is 6. The molecule has 39 heavy (non-hydrogen) atoms. The van der Waals surface area contributed by atoms with Gasteiger partial charge in [0.15, 0.2) is 0 Å². The maximum absolute atomic E-state index is 13.6. The monoisotopic (exact) mass is 530 g/mol. The van der Waals surface area contributed by atoms with Crippen LogP contribution in [0.1, 0.15) is 21.5 Å². The van der Waals surface area contributed by atoms with Crippen LogP contribution in [0.4, 0.5) is 10.5 Å². The molecular weight excluding hydrogens is 496 g/mol. The van der Waals surface area contributed by atoms with Crippen molar-refractivity contribution >= 4 is 17.6 Å². The van der Waals surface area contributed by atoms with Crippen molar-refractivity contribution in [2.75, 3.05) is 57.5 Å². The van der Waals surface area contributed by atoms with E-state index in [1.807, 2.05) is 24.3 Å². The van der Waals surface area contributed by atoms with Crippen LogP contribution in [-0.4, -0.2) is 79.6 Å². The Bertz CT molecular complexity index is 1240. The maximum Gasteiger partial charge on any atom is 0.324 e. The third-order valence-corrected chi connectivity index (χ3v) is 7.15. The van der Waals surface area contributed by atoms with Crippen LogP contribution in [0, 0.1) is 0 Å². The van der Waals surface area contributed by atoms with E-state index in [0.717, 1.165) is 55.2 Å². The van der Waals surface area contributed by atoms with Crippen LogP contribution in [-0.2, 0) is 22.6 Å². The molecule has 5 rings (SSSR count). The minimum atomic E-state index is -0.576. The second-order valence-corrected chi connectivity index (χ2v) is 9.74. The van der Waals surface area contributed by atoms with Gasteiger partial charge in [0, 0.05) is 44.0 Å². The summed E-state index contributed by atoms with van der Waals surface area (Å²) >= 11 is 0. The predicted octanol–water partition coefficient (Wildman–Crippen LogP) is 3.76. The van der Waals surface area contributed by atoms with Gasteiger partial charge in [0.2, 0.25) is 0 Å². The molecule has 3 aromatic rings. The number of carbonyl (C=O) groups excluding carboxylic acids is 2. The molecule has 0 saturated carbocycles. The van der Waals surface area contributed by atoms with Gasteiger partial charge in [-0.3, -0.25) is 19.8 Å². The Hall–Kier alpha value is -3.76. The predicted molar refractivity (Wildman–Crippen MR) is 148 cm³/mol. The first-order valence-corrected chi connectivity index (χ1v) is 13.3. The number of carbonyl (C=O) groups is 2. The highest BCUT2D eigenvalue weighted by Gasteiger charge is 2.24. The molecule has 9 heteroatoms. The number of ether oxygens (including phenoxy) is 2. The molecule has 3 aromatic carbocycles. The summed E-state index contributed by atoms with van der Waals surface area (Å²) in [5.74, 6) is -0.576. The summed E-state index contributed by atoms with van der Waals surface area (Å²) in [5, 5.41) is 8.88. The summed E-state index contributed by atoms with van der Waals surface area (Å²) in [7, 11) is 0. The van der Waals surface area contributed by atoms with Crippen molar-refractivity contribution in [2.24, 2.45) is 0 Å². The van der Waals surface area contributed by atoms with Gasteiger partial charge in [-0.05, 0) is 46.5 Å². The van der Waals surface area contributed by atoms with E-state index in [9.17, 15) is 9.59 Å². The molecule has 0 spiro atoms. The van der Waals surface area contributed by atoms with E-state index in [1.54, 1.807) is 39.5 Å². The van der Waals surface area contributed by atoms with Crippen LogP contribution >= 0.6 is 0 Å². The number of hydroxylamine groups is 1. The van der Waals surface area contributed by atoms with Crippen LogP contribution in [0.25, 0.3) is 11.1 Å². The van der Waals surface area contributed by atoms with Gasteiger partial charge in [-0.25, -0.2) is 10.3 Å². The Morgan fingerprint density at radius 3 is 1.87 bits per heavy atom. The lowest BCUT2D eigenvalue weighted by atomic mass is 10.0. The van der Waals surface area contributed by atoms with Crippen LogP contribution in [0.15, 0.2) is 72.8 Å². The number of anilines is 1. The number of benzene rings is 3. The van der Waals surface area contributed by atoms with Crippen molar-refractivity contribution in [2.45, 2.75) is 13.1 Å². The van der Waals surface area contributed by atoms with Crippen LogP contribution in [0.2, 0.25) is 0 Å². The van der Waals surface area contributed by atoms with Crippen molar-refractivity contribution in [3.8, 4) is 11.1 Å². The number of hydrogen-bond donors (Lipinski definition) is 2. The Kier molecular flexibility index (Phi) is 8.85. The van der Waals surface area contributed by atoms with Crippen molar-refractivity contribution in [1.29, 1.82) is 0 Å². The van der Waals surface area contributed by atoms with E-state index >= 15 is 0 Å². The summed E-state index contributed by atoms with van der Waals surface area (Å²) < 4.78 is 10.9. The summed E-state index contributed by atoms with van der Waals surface area (Å²) in [6.45, 7) is 6.90. The first kappa shape index (κ1) is 26.8. The number of nitrogens with one attached hydrogen (secondary N) is 1. The Labute approximate surface area is 228 Å². The molecule has 0 atom stereocenters. The summed E-state index contributed by atoms with van der Waals surface area (Å²) in [4.78, 5) is 31.2. The van der Waals surface area contributed by atoms with Crippen molar-refractivity contribution in [3.05, 3.63) is 89.5 Å². The zero-order valence-corrected chi connectivity index (χ0v) is 21.9. The number of nitrogens with zero attached hydrogens (tertiary/aromatic N) is 3. The van der Waals surface area contributed by atoms with Gasteiger partial charge in [-0.15, -0.1) is 0 Å². The lowest BCUT2D eigenvalue weighted by molar-refractivity contribution is 0.0342. The lowest BCUT2D eigenvalue weighted by Gasteiger charge is -2.33. The second kappa shape index (κ2) is 12.9. The molecule has 2 heterocycles. The first-order valence-electron chi connectivity index (χ1n) is 13.3. The van der Waals surface area contributed by atoms with Gasteiger partial charge in [-0.1, -0.05) is 48.5 Å². The first-order chi connectivity index (χ1) is 19.1. The van der Waals surface area contributed by atoms with Crippen LogP contribution in [0.5, 0.6) is 0 Å². The highest BCUT2D eigenvalue weighted by molar-refractivity contribution is 5.94. The molecule has 0 aromatic heterocycles. The molecule has 0 aliphatic carbocycles. The van der Waals surface area contributed by atoms with E-state index in [-0.39, 0.29) is 6.03 Å². The van der Waals surface area contributed by atoms with Gasteiger partial charge in [0.05, 0.1) is 33.0 Å². The molecular formula is C30H34N4O5. The van der Waals surface area contributed by atoms with Gasteiger partial charge in [-0.2, -0.15) is 0 Å². The molecule has 0 bridgehead atoms. The largest absolute Gasteiger partial charge is 0.379 e. The van der Waals surface area contributed by atoms with Crippen LogP contribution in [0.3, 0.4) is 0 Å². The number of amides is 3. The average Bonchev–Trinajstić information content (AvgIpc) is 3.01. The molecule has 2 N–H and O–H groups in total. The minimum Gasteiger partial charge on any atom is -0.379 e. The summed E-state index contributed by atoms with van der Waals surface area (Å²) in [5.41, 5.74) is 7.11. The normalized spacial score (nSPS) is 16.1. The highest BCUT2D eigenvalue weighted by atomic mass is 16.5. The third kappa shape index (κ3) is 6.82. The molecule has 204 valence electrons. The number of rotatable bonds is 7. The van der Waals surface area contributed by atoms with E-state index < -0.39 is 5.91 Å². The van der Waals surface area contributed by atoms with Gasteiger partial charge >= 0.3 is 6.03 Å². The van der Waals surface area contributed by atoms with E-state index in [2.05, 4.69) is 29.2 Å². The van der Waals surface area contributed by atoms with Crippen molar-refractivity contribution < 1.29 is 24.3 Å². The average molecular weight is 531 g/mol. The second-order valence-electron chi connectivity index (χ2n) is 9.74. The Balaban J connectivity index is 1.32. The van der Waals surface area contributed by atoms with Crippen molar-refractivity contribution in [3.63, 3.8) is 0 Å². The van der Waals surface area contributed by atoms with E-state index in [0.29, 0.717) is 38.4 Å². The number of urea groups is 1. The van der Waals surface area contributed by atoms with Crippen molar-refractivity contribution in [1.82, 2.24) is 15.3 Å². The van der Waals surface area contributed by atoms with E-state index in [4.69, 9.17) is 14.7 Å². The number of morpholine rings is 2. The van der Waals surface area contributed by atoms with Gasteiger partial charge in [0.25, 0.3) is 5.91 Å². The fourth-order valence-electron chi connectivity index (χ4n) is 4.86. The zero-order valence-electron chi connectivity index (χ0n) is 21.9. The summed E-state index contributed by atoms with van der Waals surface area (Å²) in [6, 6.07) is 23.4. The van der Waals surface area contributed by atoms with E-state index in [1.165, 1.54) is 5.56 Å². The lowest BCUT2D eigenvalue weighted by Crippen LogP contribution is -2.48. The molecule has 2 saturated heterocycles. The Morgan fingerprint density at radius 1 is 0.744 bits per heavy atom. The topological polar surface area (TPSA) is 94.6 Å². The quantitative estimate of drug-likeness (QED) is 0.357. The molecule has 0 radical (unpaired) electrons. The molecule has 0 unspecified atom stereocenters. The van der Waals surface area contributed by atoms with Crippen LogP contribution < -0.4 is 10.4 Å². The summed E-state index contributed by atoms with van der Waals surface area (Å²) in [6.07, 6.45) is 0. The zero-order chi connectivity index (χ0) is 27.0. The molecule has 3 amide bonds. The smallest absolute Gasteiger partial charge is 0.324 e. The fraction of sp³-hybridized carbons (Fsp3) is 0.333. The highest BCUT2D eigenvalue weighted by Crippen LogP contribution is 2.26. The molecule has 9 nitrogen and oxygen atoms in total. The molecule has 2 fully saturated rings. The Morgan fingerprint density at radius 2 is 1.28 bits per heavy atom. The molecule has 2 aliphatic heterocycles. The standard InChI is InChI=1S/C30H34N4O5/c35-29(31-37)27-7-3-24(4-8-27)22-34(30(36)33-15-19-39-20-16-33)28-11-9-26(10-12-28)25-5-1-23(2-6-25)21-32-13-17-38-18-14-32/h1-12,37H,13-22H2,(H,31,35). The minimum absolute atomic E-state index is 0.0873. The molecule has 2 aliphatic rings. The maximum atomic E-state index is 13.6. The third-order valence-electron chi connectivity index (χ3n) is 7.15. The van der Waals surface area contributed by atoms with Gasteiger partial charge < -0.3 is 14.4 Å². The van der Waals surface area contributed by atoms with Gasteiger partial charge in [0.1, 0.15) is 0 Å². The fourth-order valence-corrected chi connectivity index (χ4v) is 4.86. The SMILES string of the molecule is O=C(NO)c1ccc(CN(C(=O)N2CCOCC2)c2ccc(-c3ccc(CN4CCOCC4)cc3)cc2)cc1.